The number of hydrogen-bond donors (Lipinski definition) is 2. The maximum atomic E-state index is 12.0. The predicted molar refractivity (Wildman–Crippen MR) is 131 cm³/mol. The molecule has 1 fully saturated rings. The molecule has 31 heavy (non-hydrogen) atoms. The van der Waals surface area contributed by atoms with E-state index in [0.29, 0.717) is 0 Å². The molecule has 0 bridgehead atoms. The zero-order chi connectivity index (χ0) is 22.0. The maximum absolute atomic E-state index is 12.0. The molecule has 4 rings (SSSR count). The molecule has 3 aromatic rings. The predicted octanol–water partition coefficient (Wildman–Crippen LogP) is 5.93. The second kappa shape index (κ2) is 8.75. The van der Waals surface area contributed by atoms with E-state index in [1.54, 1.807) is 0 Å². The van der Waals surface area contributed by atoms with Gasteiger partial charge in [0.05, 0.1) is 9.96 Å². The van der Waals surface area contributed by atoms with Gasteiger partial charge in [0.1, 0.15) is 5.82 Å². The van der Waals surface area contributed by atoms with Crippen LogP contribution in [0, 0.1) is 0 Å². The molecule has 1 amide bonds. The quantitative estimate of drug-likeness (QED) is 0.348. The lowest BCUT2D eigenvalue weighted by atomic mass is 9.89. The van der Waals surface area contributed by atoms with Crippen LogP contribution in [0.1, 0.15) is 25.7 Å². The number of nitrogens with zero attached hydrogens (tertiary/aromatic N) is 3. The van der Waals surface area contributed by atoms with Gasteiger partial charge in [-0.25, -0.2) is 9.78 Å². The number of anilines is 3. The molecular formula is C24H27BrN4O2. The van der Waals surface area contributed by atoms with Crippen molar-refractivity contribution >= 4 is 50.1 Å². The fourth-order valence-electron chi connectivity index (χ4n) is 4.33. The summed E-state index contributed by atoms with van der Waals surface area (Å²) < 4.78 is -0.316. The van der Waals surface area contributed by atoms with E-state index in [1.807, 2.05) is 62.6 Å². The van der Waals surface area contributed by atoms with Crippen molar-refractivity contribution in [2.75, 3.05) is 29.2 Å². The maximum Gasteiger partial charge on any atom is 0.412 e. The van der Waals surface area contributed by atoms with Crippen LogP contribution in [0.4, 0.5) is 22.0 Å². The van der Waals surface area contributed by atoms with Crippen molar-refractivity contribution in [3.8, 4) is 0 Å². The van der Waals surface area contributed by atoms with Crippen LogP contribution in [-0.4, -0.2) is 40.8 Å². The highest BCUT2D eigenvalue weighted by Crippen LogP contribution is 2.40. The van der Waals surface area contributed by atoms with Gasteiger partial charge >= 0.3 is 6.09 Å². The molecule has 162 valence electrons. The summed E-state index contributed by atoms with van der Waals surface area (Å²) in [5, 5.41) is 14.5. The summed E-state index contributed by atoms with van der Waals surface area (Å²) in [6, 6.07) is 19.5. The fourth-order valence-corrected chi connectivity index (χ4v) is 4.99. The Morgan fingerprint density at radius 1 is 1.10 bits per heavy atom. The summed E-state index contributed by atoms with van der Waals surface area (Å²) >= 11 is 3.90. The smallest absolute Gasteiger partial charge is 0.412 e. The third-order valence-corrected chi connectivity index (χ3v) is 6.87. The molecule has 2 aromatic carbocycles. The van der Waals surface area contributed by atoms with E-state index in [-0.39, 0.29) is 10.5 Å². The SMILES string of the molecule is CN(C)c1cc(NC2(Br)CCC(N(C(=O)O)c3ccccc3)CC2)nc2ccccc12. The Morgan fingerprint density at radius 2 is 1.74 bits per heavy atom. The summed E-state index contributed by atoms with van der Waals surface area (Å²) in [7, 11) is 4.06. The van der Waals surface area contributed by atoms with Crippen LogP contribution >= 0.6 is 15.9 Å². The Balaban J connectivity index is 1.52. The first kappa shape index (κ1) is 21.4. The highest BCUT2D eigenvalue weighted by molar-refractivity contribution is 9.10. The molecule has 0 saturated heterocycles. The third kappa shape index (κ3) is 4.61. The van der Waals surface area contributed by atoms with Gasteiger partial charge < -0.3 is 15.3 Å². The van der Waals surface area contributed by atoms with Gasteiger partial charge in [-0.3, -0.25) is 4.90 Å². The molecule has 2 N–H and O–H groups in total. The fraction of sp³-hybridized carbons (Fsp3) is 0.333. The largest absolute Gasteiger partial charge is 0.465 e. The van der Waals surface area contributed by atoms with E-state index >= 15 is 0 Å². The Labute approximate surface area is 191 Å². The number of benzene rings is 2. The molecule has 1 aromatic heterocycles. The number of fused-ring (bicyclic) bond motifs is 1. The molecule has 0 spiro atoms. The number of carbonyl (C=O) groups is 1. The number of rotatable bonds is 5. The Bertz CT molecular complexity index is 1070. The van der Waals surface area contributed by atoms with E-state index < -0.39 is 6.09 Å². The second-order valence-corrected chi connectivity index (χ2v) is 9.77. The minimum absolute atomic E-state index is 0.0470. The van der Waals surface area contributed by atoms with Crippen LogP contribution < -0.4 is 15.1 Å². The highest BCUT2D eigenvalue weighted by Gasteiger charge is 2.37. The number of aromatic nitrogens is 1. The van der Waals surface area contributed by atoms with Crippen LogP contribution in [0.15, 0.2) is 60.7 Å². The molecule has 1 aliphatic carbocycles. The number of halogens is 1. The van der Waals surface area contributed by atoms with Crippen LogP contribution in [0.3, 0.4) is 0 Å². The van der Waals surface area contributed by atoms with Gasteiger partial charge in [0.15, 0.2) is 0 Å². The molecule has 7 heteroatoms. The van der Waals surface area contributed by atoms with E-state index in [2.05, 4.69) is 38.3 Å². The minimum Gasteiger partial charge on any atom is -0.465 e. The summed E-state index contributed by atoms with van der Waals surface area (Å²) in [6.45, 7) is 0. The molecular weight excluding hydrogens is 456 g/mol. The molecule has 6 nitrogen and oxygen atoms in total. The lowest BCUT2D eigenvalue weighted by Crippen LogP contribution is -2.46. The first-order valence-corrected chi connectivity index (χ1v) is 11.3. The summed E-state index contributed by atoms with van der Waals surface area (Å²) in [4.78, 5) is 20.4. The number of amides is 1. The van der Waals surface area contributed by atoms with E-state index in [1.165, 1.54) is 4.90 Å². The first-order valence-electron chi connectivity index (χ1n) is 10.5. The van der Waals surface area contributed by atoms with Gasteiger partial charge in [-0.15, -0.1) is 0 Å². The molecule has 1 saturated carbocycles. The van der Waals surface area contributed by atoms with E-state index in [4.69, 9.17) is 4.98 Å². The van der Waals surface area contributed by atoms with E-state index in [9.17, 15) is 9.90 Å². The van der Waals surface area contributed by atoms with Crippen LogP contribution in [0.5, 0.6) is 0 Å². The van der Waals surface area contributed by atoms with E-state index in [0.717, 1.165) is 53.8 Å². The zero-order valence-electron chi connectivity index (χ0n) is 17.8. The number of hydrogen-bond acceptors (Lipinski definition) is 4. The normalized spacial score (nSPS) is 20.9. The van der Waals surface area contributed by atoms with Crippen molar-refractivity contribution in [3.05, 3.63) is 60.7 Å². The third-order valence-electron chi connectivity index (χ3n) is 5.88. The van der Waals surface area contributed by atoms with Gasteiger partial charge in [0.25, 0.3) is 0 Å². The summed E-state index contributed by atoms with van der Waals surface area (Å²) in [5.74, 6) is 0.816. The topological polar surface area (TPSA) is 68.7 Å². The first-order chi connectivity index (χ1) is 14.9. The van der Waals surface area contributed by atoms with Crippen molar-refractivity contribution < 1.29 is 9.90 Å². The van der Waals surface area contributed by atoms with Crippen molar-refractivity contribution in [2.24, 2.45) is 0 Å². The van der Waals surface area contributed by atoms with Gasteiger partial charge in [0, 0.05) is 43.0 Å². The summed E-state index contributed by atoms with van der Waals surface area (Å²) in [5.41, 5.74) is 2.78. The van der Waals surface area contributed by atoms with Crippen molar-refractivity contribution in [1.82, 2.24) is 4.98 Å². The molecule has 0 unspecified atom stereocenters. The van der Waals surface area contributed by atoms with Gasteiger partial charge in [0.2, 0.25) is 0 Å². The lowest BCUT2D eigenvalue weighted by Gasteiger charge is -2.40. The average molecular weight is 483 g/mol. The van der Waals surface area contributed by atoms with Crippen molar-refractivity contribution in [1.29, 1.82) is 0 Å². The van der Waals surface area contributed by atoms with Crippen LogP contribution in [0.25, 0.3) is 10.9 Å². The molecule has 0 atom stereocenters. The van der Waals surface area contributed by atoms with Crippen LogP contribution in [0.2, 0.25) is 0 Å². The lowest BCUT2D eigenvalue weighted by molar-refractivity contribution is 0.195. The number of nitrogens with one attached hydrogen (secondary N) is 1. The highest BCUT2D eigenvalue weighted by atomic mass is 79.9. The van der Waals surface area contributed by atoms with Gasteiger partial charge in [-0.1, -0.05) is 52.3 Å². The number of alkyl halides is 1. The number of carboxylic acid groups (broad SMARTS) is 1. The summed E-state index contributed by atoms with van der Waals surface area (Å²) in [6.07, 6.45) is 2.19. The number of pyridine rings is 1. The molecule has 1 aliphatic rings. The Morgan fingerprint density at radius 3 is 2.39 bits per heavy atom. The average Bonchev–Trinajstić information content (AvgIpc) is 2.75. The van der Waals surface area contributed by atoms with Crippen molar-refractivity contribution in [3.63, 3.8) is 0 Å². The minimum atomic E-state index is -0.905. The second-order valence-electron chi connectivity index (χ2n) is 8.25. The van der Waals surface area contributed by atoms with Crippen LogP contribution in [-0.2, 0) is 0 Å². The zero-order valence-corrected chi connectivity index (χ0v) is 19.3. The van der Waals surface area contributed by atoms with Gasteiger partial charge in [-0.05, 0) is 43.9 Å². The Hall–Kier alpha value is -2.80. The van der Waals surface area contributed by atoms with Crippen molar-refractivity contribution in [2.45, 2.75) is 36.2 Å². The molecule has 0 radical (unpaired) electrons. The monoisotopic (exact) mass is 482 g/mol. The molecule has 1 heterocycles. The van der Waals surface area contributed by atoms with Gasteiger partial charge in [-0.2, -0.15) is 0 Å². The molecule has 0 aliphatic heterocycles. The number of para-hydroxylation sites is 2. The Kier molecular flexibility index (Phi) is 6.05. The standard InChI is InChI=1S/C24H27BrN4O2/c1-28(2)21-16-22(26-20-11-7-6-10-19(20)21)27-24(25)14-12-18(13-15-24)29(23(30)31)17-8-4-3-5-9-17/h3-11,16,18H,12-15H2,1-2H3,(H,26,27)(H,30,31).